The number of morpholine rings is 1. The number of ether oxygens (including phenoxy) is 2. The summed E-state index contributed by atoms with van der Waals surface area (Å²) in [4.78, 5) is 14.4. The molecule has 1 aromatic rings. The molecule has 0 saturated carbocycles. The Bertz CT molecular complexity index is 641. The average molecular weight is 341 g/mol. The van der Waals surface area contributed by atoms with Gasteiger partial charge in [-0.2, -0.15) is 5.26 Å². The lowest BCUT2D eigenvalue weighted by Gasteiger charge is -2.26. The number of carbonyl (C=O) groups is 1. The van der Waals surface area contributed by atoms with Gasteiger partial charge < -0.3 is 14.8 Å². The molecule has 25 heavy (non-hydrogen) atoms. The molecule has 1 aliphatic rings. The molecule has 0 bridgehead atoms. The molecule has 1 saturated heterocycles. The normalized spacial score (nSPS) is 15.2. The Morgan fingerprint density at radius 2 is 2.08 bits per heavy atom. The van der Waals surface area contributed by atoms with Crippen LogP contribution in [-0.2, 0) is 9.53 Å². The van der Waals surface area contributed by atoms with Crippen LogP contribution < -0.4 is 10.1 Å². The molecule has 132 valence electrons. The van der Waals surface area contributed by atoms with Gasteiger partial charge in [0.2, 0.25) is 0 Å². The number of nitrogens with one attached hydrogen (secondary N) is 1. The quantitative estimate of drug-likeness (QED) is 0.442. The van der Waals surface area contributed by atoms with Crippen LogP contribution >= 0.6 is 0 Å². The van der Waals surface area contributed by atoms with Gasteiger partial charge >= 0.3 is 0 Å². The van der Waals surface area contributed by atoms with E-state index < -0.39 is 0 Å². The summed E-state index contributed by atoms with van der Waals surface area (Å²) in [7, 11) is 0. The molecule has 0 aliphatic carbocycles. The van der Waals surface area contributed by atoms with Crippen LogP contribution in [-0.4, -0.2) is 56.8 Å². The van der Waals surface area contributed by atoms with Crippen LogP contribution in [0.4, 0.5) is 0 Å². The first-order chi connectivity index (χ1) is 12.2. The van der Waals surface area contributed by atoms with Crippen molar-refractivity contribution >= 4 is 12.0 Å². The highest BCUT2D eigenvalue weighted by atomic mass is 16.5. The molecule has 0 radical (unpaired) electrons. The van der Waals surface area contributed by atoms with Crippen LogP contribution in [0.15, 0.2) is 42.5 Å². The van der Waals surface area contributed by atoms with E-state index >= 15 is 0 Å². The zero-order valence-corrected chi connectivity index (χ0v) is 14.2. The summed E-state index contributed by atoms with van der Waals surface area (Å²) < 4.78 is 10.7. The molecule has 0 unspecified atom stereocenters. The predicted octanol–water partition coefficient (Wildman–Crippen LogP) is 1.61. The maximum absolute atomic E-state index is 12.1. The molecule has 1 N–H and O–H groups in total. The molecule has 6 nitrogen and oxygen atoms in total. The summed E-state index contributed by atoms with van der Waals surface area (Å²) in [6.07, 6.45) is 3.24. The predicted molar refractivity (Wildman–Crippen MR) is 96.0 cm³/mol. The summed E-state index contributed by atoms with van der Waals surface area (Å²) in [6, 6.07) is 9.15. The van der Waals surface area contributed by atoms with Gasteiger partial charge in [0.25, 0.3) is 5.91 Å². The van der Waals surface area contributed by atoms with E-state index in [1.165, 1.54) is 0 Å². The van der Waals surface area contributed by atoms with E-state index in [2.05, 4.69) is 16.8 Å². The summed E-state index contributed by atoms with van der Waals surface area (Å²) in [5.41, 5.74) is 0.854. The molecule has 0 aromatic heterocycles. The number of hydrogen-bond donors (Lipinski definition) is 1. The summed E-state index contributed by atoms with van der Waals surface area (Å²) in [5, 5.41) is 12.0. The molecule has 0 spiro atoms. The van der Waals surface area contributed by atoms with Crippen LogP contribution in [0.1, 0.15) is 5.56 Å². The van der Waals surface area contributed by atoms with Crippen LogP contribution in [0, 0.1) is 11.3 Å². The van der Waals surface area contributed by atoms with Crippen LogP contribution in [0.5, 0.6) is 5.75 Å². The van der Waals surface area contributed by atoms with Gasteiger partial charge in [0.1, 0.15) is 24.0 Å². The van der Waals surface area contributed by atoms with Crippen molar-refractivity contribution in [3.63, 3.8) is 0 Å². The minimum atomic E-state index is -0.359. The summed E-state index contributed by atoms with van der Waals surface area (Å²) in [6.45, 7) is 8.48. The zero-order valence-electron chi connectivity index (χ0n) is 14.2. The third kappa shape index (κ3) is 6.42. The van der Waals surface area contributed by atoms with E-state index in [1.54, 1.807) is 36.4 Å². The molecule has 0 atom stereocenters. The third-order valence-corrected chi connectivity index (χ3v) is 3.74. The van der Waals surface area contributed by atoms with Gasteiger partial charge in [-0.25, -0.2) is 0 Å². The summed E-state index contributed by atoms with van der Waals surface area (Å²) in [5.74, 6) is 0.355. The number of nitrogens with zero attached hydrogens (tertiary/aromatic N) is 2. The first-order valence-corrected chi connectivity index (χ1v) is 8.27. The minimum Gasteiger partial charge on any atom is -0.490 e. The number of rotatable bonds is 8. The van der Waals surface area contributed by atoms with Crippen molar-refractivity contribution in [2.75, 3.05) is 46.0 Å². The fraction of sp³-hybridized carbons (Fsp3) is 0.368. The Morgan fingerprint density at radius 1 is 1.36 bits per heavy atom. The molecular formula is C19H23N3O3. The number of benzene rings is 1. The molecule has 1 amide bonds. The van der Waals surface area contributed by atoms with E-state index in [-0.39, 0.29) is 11.5 Å². The molecule has 1 heterocycles. The highest BCUT2D eigenvalue weighted by Crippen LogP contribution is 2.14. The number of amides is 1. The van der Waals surface area contributed by atoms with Gasteiger partial charge in [0, 0.05) is 26.2 Å². The van der Waals surface area contributed by atoms with Crippen molar-refractivity contribution < 1.29 is 14.3 Å². The Morgan fingerprint density at radius 3 is 2.72 bits per heavy atom. The molecule has 1 fully saturated rings. The maximum atomic E-state index is 12.1. The smallest absolute Gasteiger partial charge is 0.261 e. The van der Waals surface area contributed by atoms with Crippen molar-refractivity contribution in [3.8, 4) is 11.8 Å². The lowest BCUT2D eigenvalue weighted by molar-refractivity contribution is -0.117. The lowest BCUT2D eigenvalue weighted by atomic mass is 10.1. The SMILES string of the molecule is C=CCOc1ccc(C=C(C#N)C(=O)NCCN2CCOCC2)cc1. The molecule has 6 heteroatoms. The second-order valence-electron chi connectivity index (χ2n) is 5.55. The van der Waals surface area contributed by atoms with Crippen molar-refractivity contribution in [1.29, 1.82) is 5.26 Å². The highest BCUT2D eigenvalue weighted by molar-refractivity contribution is 6.01. The Kier molecular flexibility index (Phi) is 7.70. The maximum Gasteiger partial charge on any atom is 0.261 e. The van der Waals surface area contributed by atoms with Gasteiger partial charge in [-0.1, -0.05) is 24.8 Å². The fourth-order valence-corrected chi connectivity index (χ4v) is 2.38. The largest absolute Gasteiger partial charge is 0.490 e. The molecule has 1 aromatic carbocycles. The van der Waals surface area contributed by atoms with Crippen molar-refractivity contribution in [3.05, 3.63) is 48.1 Å². The van der Waals surface area contributed by atoms with Crippen molar-refractivity contribution in [2.45, 2.75) is 0 Å². The first-order valence-electron chi connectivity index (χ1n) is 8.27. The van der Waals surface area contributed by atoms with Crippen LogP contribution in [0.2, 0.25) is 0 Å². The molecule has 1 aliphatic heterocycles. The third-order valence-electron chi connectivity index (χ3n) is 3.74. The first kappa shape index (κ1) is 18.7. The van der Waals surface area contributed by atoms with E-state index in [9.17, 15) is 10.1 Å². The minimum absolute atomic E-state index is 0.0849. The van der Waals surface area contributed by atoms with E-state index in [4.69, 9.17) is 9.47 Å². The Hall–Kier alpha value is -2.62. The fourth-order valence-electron chi connectivity index (χ4n) is 2.38. The number of nitriles is 1. The Balaban J connectivity index is 1.86. The van der Waals surface area contributed by atoms with Crippen LogP contribution in [0.3, 0.4) is 0 Å². The van der Waals surface area contributed by atoms with Gasteiger partial charge in [-0.05, 0) is 23.8 Å². The number of hydrogen-bond acceptors (Lipinski definition) is 5. The monoisotopic (exact) mass is 341 g/mol. The second-order valence-corrected chi connectivity index (χ2v) is 5.55. The average Bonchev–Trinajstić information content (AvgIpc) is 2.66. The van der Waals surface area contributed by atoms with E-state index in [0.717, 1.165) is 38.4 Å². The van der Waals surface area contributed by atoms with E-state index in [1.807, 2.05) is 6.07 Å². The van der Waals surface area contributed by atoms with Gasteiger partial charge in [-0.3, -0.25) is 9.69 Å². The van der Waals surface area contributed by atoms with Crippen molar-refractivity contribution in [1.82, 2.24) is 10.2 Å². The zero-order chi connectivity index (χ0) is 17.9. The molecule has 2 rings (SSSR count). The Labute approximate surface area is 148 Å². The lowest BCUT2D eigenvalue weighted by Crippen LogP contribution is -2.41. The topological polar surface area (TPSA) is 74.6 Å². The van der Waals surface area contributed by atoms with Gasteiger partial charge in [0.05, 0.1) is 13.2 Å². The second kappa shape index (κ2) is 10.3. The molecular weight excluding hydrogens is 318 g/mol. The highest BCUT2D eigenvalue weighted by Gasteiger charge is 2.12. The van der Waals surface area contributed by atoms with E-state index in [0.29, 0.717) is 18.9 Å². The van der Waals surface area contributed by atoms with Gasteiger partial charge in [0.15, 0.2) is 0 Å². The number of carbonyl (C=O) groups excluding carboxylic acids is 1. The summed E-state index contributed by atoms with van der Waals surface area (Å²) >= 11 is 0. The van der Waals surface area contributed by atoms with Gasteiger partial charge in [-0.15, -0.1) is 0 Å². The van der Waals surface area contributed by atoms with Crippen molar-refractivity contribution in [2.24, 2.45) is 0 Å². The standard InChI is InChI=1S/C19H23N3O3/c1-2-11-25-18-5-3-16(4-6-18)14-17(15-20)19(23)21-7-8-22-9-12-24-13-10-22/h2-6,14H,1,7-13H2,(H,21,23). The van der Waals surface area contributed by atoms with Crippen LogP contribution in [0.25, 0.3) is 6.08 Å².